The maximum Gasteiger partial charge on any atom is 0.320 e. The van der Waals surface area contributed by atoms with E-state index in [4.69, 9.17) is 26.1 Å². The molecule has 30 nitrogen and oxygen atoms in total. The van der Waals surface area contributed by atoms with Crippen LogP contribution in [0.3, 0.4) is 0 Å². The number of Topliss-reactive ketones (excluding diaryl/α,β-unsaturated/α-hetero) is 1. The molecule has 3 unspecified atom stereocenters. The number of fused-ring (bicyclic) bond motifs is 2. The van der Waals surface area contributed by atoms with Crippen LogP contribution in [-0.2, 0) is 41.6 Å². The van der Waals surface area contributed by atoms with Gasteiger partial charge in [-0.1, -0.05) is 16.5 Å². The van der Waals surface area contributed by atoms with E-state index in [0.29, 0.717) is 134 Å². The van der Waals surface area contributed by atoms with Crippen molar-refractivity contribution in [2.75, 3.05) is 65.9 Å². The molecule has 6 aromatic rings. The number of carbonyl (C=O) groups excluding carboxylic acids is 9. The molecule has 105 heavy (non-hydrogen) atoms. The minimum absolute atomic E-state index is 0.00520. The van der Waals surface area contributed by atoms with E-state index in [9.17, 15) is 53.1 Å². The number of amides is 7. The molecule has 3 atom stereocenters. The number of anilines is 1. The zero-order valence-electron chi connectivity index (χ0n) is 59.5. The fraction of sp³-hybridized carbons (Fsp3) is 0.400. The van der Waals surface area contributed by atoms with E-state index in [-0.39, 0.29) is 93.4 Å². The van der Waals surface area contributed by atoms with Crippen molar-refractivity contribution in [3.8, 4) is 33.8 Å². The third-order valence-electron chi connectivity index (χ3n) is 17.7. The number of primary amides is 1. The lowest BCUT2D eigenvalue weighted by Gasteiger charge is -2.22. The molecule has 0 spiro atoms. The van der Waals surface area contributed by atoms with Crippen LogP contribution < -0.4 is 63.3 Å². The molecule has 0 saturated heterocycles. The number of hydrogen-bond donors (Lipinski definition) is 10. The molecule has 556 valence electrons. The van der Waals surface area contributed by atoms with Crippen LogP contribution in [0, 0.1) is 0 Å². The van der Waals surface area contributed by atoms with Crippen molar-refractivity contribution in [2.45, 2.75) is 134 Å². The van der Waals surface area contributed by atoms with E-state index in [2.05, 4.69) is 52.5 Å². The predicted molar refractivity (Wildman–Crippen MR) is 389 cm³/mol. The molecule has 4 aromatic carbocycles. The van der Waals surface area contributed by atoms with Crippen molar-refractivity contribution in [3.05, 3.63) is 155 Å². The Morgan fingerprint density at radius 3 is 1.70 bits per heavy atom. The van der Waals surface area contributed by atoms with E-state index >= 15 is 0 Å². The molecule has 1 aliphatic carbocycles. The summed E-state index contributed by atoms with van der Waals surface area (Å²) < 4.78 is 11.5. The van der Waals surface area contributed by atoms with Gasteiger partial charge in [0.05, 0.1) is 47.2 Å². The molecule has 8 rings (SSSR count). The number of aliphatic hydroxyl groups is 1. The first-order chi connectivity index (χ1) is 50.5. The number of aliphatic carboxylic acids is 1. The number of aryl methyl sites for hydroxylation is 2. The summed E-state index contributed by atoms with van der Waals surface area (Å²) in [5, 5.41) is 66.0. The summed E-state index contributed by atoms with van der Waals surface area (Å²) in [5.74, 6) is -5.75. The topological polar surface area (TPSA) is 439 Å². The average Bonchev–Trinajstić information content (AvgIpc) is 1.08. The number of ketones is 1. The number of carboxylic acid groups (broad SMARTS) is 2. The van der Waals surface area contributed by atoms with Gasteiger partial charge in [-0.25, -0.2) is 13.9 Å². The molecule has 7 amide bonds. The number of nitrogens with two attached hydrogens (primary N) is 2. The largest absolute Gasteiger partial charge is 0.545 e. The SMILES string of the molecule is CN(C)c1ccc2c(-c3ccc(C(=O)NCCCCC(NC(=O)CCCCNC(=O)CCCc4cn(-c5ccc(C(=O)CO)cc5)nn4)C(=O)NC(CCCCNC(=O)c4ccc(-n5cc(CCCC(=O)NCCCCC(N)C(=O)O)nn5)cc4)C(N)=O)c(C(=O)[O-])c3)c3ccc(=[N+](C)C)cc-3oc2c1. The van der Waals surface area contributed by atoms with Crippen LogP contribution in [-0.4, -0.2) is 178 Å². The quantitative estimate of drug-likeness (QED) is 0.0114. The Morgan fingerprint density at radius 2 is 1.14 bits per heavy atom. The van der Waals surface area contributed by atoms with Crippen molar-refractivity contribution < 1.29 is 67.7 Å². The summed E-state index contributed by atoms with van der Waals surface area (Å²) in [6.07, 6.45) is 9.78. The third-order valence-corrected chi connectivity index (χ3v) is 17.7. The summed E-state index contributed by atoms with van der Waals surface area (Å²) in [5.41, 5.74) is 17.7. The first kappa shape index (κ1) is 79.2. The van der Waals surface area contributed by atoms with Gasteiger partial charge in [-0.3, -0.25) is 43.2 Å². The second-order valence-corrected chi connectivity index (χ2v) is 26.1. The monoisotopic (exact) mass is 1440 g/mol. The van der Waals surface area contributed by atoms with Gasteiger partial charge in [-0.15, -0.1) is 10.2 Å². The van der Waals surface area contributed by atoms with Crippen LogP contribution in [0.5, 0.6) is 0 Å². The van der Waals surface area contributed by atoms with Crippen LogP contribution in [0.25, 0.3) is 44.8 Å². The molecule has 0 radical (unpaired) electrons. The number of nitrogens with one attached hydrogen (secondary N) is 6. The summed E-state index contributed by atoms with van der Waals surface area (Å²) in [6.45, 7) is 0.396. The highest BCUT2D eigenvalue weighted by Crippen LogP contribution is 2.41. The Labute approximate surface area is 606 Å². The molecule has 2 aromatic heterocycles. The minimum Gasteiger partial charge on any atom is -0.545 e. The molecule has 12 N–H and O–H groups in total. The van der Waals surface area contributed by atoms with Crippen molar-refractivity contribution in [1.29, 1.82) is 0 Å². The molecular weight excluding hydrogens is 1350 g/mol. The molecule has 0 bridgehead atoms. The number of carboxylic acids is 2. The molecule has 2 aliphatic rings. The van der Waals surface area contributed by atoms with Gasteiger partial charge < -0.3 is 72.8 Å². The third kappa shape index (κ3) is 23.5. The fourth-order valence-corrected chi connectivity index (χ4v) is 11.7. The first-order valence-corrected chi connectivity index (χ1v) is 35.2. The van der Waals surface area contributed by atoms with E-state index in [0.717, 1.165) is 22.0 Å². The van der Waals surface area contributed by atoms with Crippen LogP contribution in [0.15, 0.2) is 120 Å². The second-order valence-electron chi connectivity index (χ2n) is 26.1. The number of carbonyl (C=O) groups is 10. The number of hydrogen-bond acceptors (Lipinski definition) is 19. The summed E-state index contributed by atoms with van der Waals surface area (Å²) in [7, 11) is 7.65. The molecule has 1 aliphatic heterocycles. The lowest BCUT2D eigenvalue weighted by Crippen LogP contribution is -2.53. The van der Waals surface area contributed by atoms with Crippen LogP contribution >= 0.6 is 0 Å². The van der Waals surface area contributed by atoms with Gasteiger partial charge >= 0.3 is 5.97 Å². The highest BCUT2D eigenvalue weighted by molar-refractivity contribution is 6.08. The molecule has 3 heterocycles. The number of rotatable bonds is 42. The molecule has 0 saturated carbocycles. The van der Waals surface area contributed by atoms with Crippen LogP contribution in [0.2, 0.25) is 0 Å². The maximum atomic E-state index is 14.1. The fourth-order valence-electron chi connectivity index (χ4n) is 11.7. The lowest BCUT2D eigenvalue weighted by molar-refractivity contribution is -0.255. The Balaban J connectivity index is 0.819. The van der Waals surface area contributed by atoms with Crippen molar-refractivity contribution in [1.82, 2.24) is 66.5 Å². The predicted octanol–water partition coefficient (Wildman–Crippen LogP) is 3.29. The zero-order valence-corrected chi connectivity index (χ0v) is 59.5. The average molecular weight is 1440 g/mol. The van der Waals surface area contributed by atoms with Gasteiger partial charge in [0, 0.05) is 116 Å². The van der Waals surface area contributed by atoms with E-state index in [1.807, 2.05) is 74.1 Å². The van der Waals surface area contributed by atoms with E-state index in [1.54, 1.807) is 76.4 Å². The summed E-state index contributed by atoms with van der Waals surface area (Å²) in [6, 6.07) is 26.1. The maximum absolute atomic E-state index is 14.1. The molecule has 30 heteroatoms. The number of unbranched alkanes of at least 4 members (excludes halogenated alkanes) is 4. The van der Waals surface area contributed by atoms with Gasteiger partial charge in [-0.2, -0.15) is 0 Å². The normalized spacial score (nSPS) is 12.0. The first-order valence-electron chi connectivity index (χ1n) is 35.2. The van der Waals surface area contributed by atoms with Gasteiger partial charge in [0.2, 0.25) is 34.9 Å². The highest BCUT2D eigenvalue weighted by Gasteiger charge is 2.27. The van der Waals surface area contributed by atoms with E-state index < -0.39 is 66.1 Å². The Bertz CT molecular complexity index is 4410. The zero-order chi connectivity index (χ0) is 75.5. The van der Waals surface area contributed by atoms with Gasteiger partial charge in [-0.05, 0) is 181 Å². The summed E-state index contributed by atoms with van der Waals surface area (Å²) >= 11 is 0. The highest BCUT2D eigenvalue weighted by atomic mass is 16.4. The van der Waals surface area contributed by atoms with Crippen LogP contribution in [0.4, 0.5) is 5.69 Å². The number of aromatic nitrogens is 6. The van der Waals surface area contributed by atoms with Gasteiger partial charge in [0.1, 0.15) is 50.2 Å². The van der Waals surface area contributed by atoms with Crippen molar-refractivity contribution in [2.24, 2.45) is 11.5 Å². The Kier molecular flexibility index (Phi) is 29.6. The van der Waals surface area contributed by atoms with Gasteiger partial charge in [0.25, 0.3) is 11.8 Å². The lowest BCUT2D eigenvalue weighted by atomic mass is 9.91. The summed E-state index contributed by atoms with van der Waals surface area (Å²) in [4.78, 5) is 130. The number of aromatic carboxylic acids is 1. The molecule has 0 fully saturated rings. The number of aliphatic hydroxyl groups excluding tert-OH is 1. The van der Waals surface area contributed by atoms with Crippen molar-refractivity contribution >= 4 is 75.7 Å². The standard InChI is InChI=1S/C75H92N16O14/c1-88(2)54-32-35-57-64(42-54)105-65-43-55(89(3)4)33-36-58(65)69(57)49-27-34-56(59(41-49)74(101)102)72(99)81-40-11-7-19-62(82-68(96)20-8-12-38-79-67(95)22-14-15-50-44-90(86-84-50)52-28-23-47(24-29-52)63(93)46-92)73(100)83-61(70(77)97)18-6-10-39-80-71(98)48-25-30-53(31-26-48)91-45-51(85-87-91)16-13-21-66(94)78-37-9-5-17-60(76)75(103)104/h23-36,41-45,60-62,92H,5-22,37-40,46,76H2,1-4H3,(H9-,77,78,79,80,81,82,83,94,95,96,97,98,99,100,101,102,103,104). The van der Waals surface area contributed by atoms with Crippen molar-refractivity contribution in [3.63, 3.8) is 0 Å². The Hall–Kier alpha value is -11.5. The minimum atomic E-state index is -1.56. The smallest absolute Gasteiger partial charge is 0.320 e. The second kappa shape index (κ2) is 39.2. The Morgan fingerprint density at radius 1 is 0.590 bits per heavy atom. The van der Waals surface area contributed by atoms with Gasteiger partial charge in [0.15, 0.2) is 5.78 Å². The number of benzene rings is 5. The van der Waals surface area contributed by atoms with E-state index in [1.165, 1.54) is 12.1 Å². The van der Waals surface area contributed by atoms with Crippen LogP contribution in [0.1, 0.15) is 156 Å². The number of nitrogens with zero attached hydrogens (tertiary/aromatic N) is 8. The molecular formula is C75H92N16O14.